The molecule has 142 valence electrons. The number of likely N-dealkylation sites (tertiary alicyclic amines) is 1. The van der Waals surface area contributed by atoms with Crippen LogP contribution in [0.4, 0.5) is 0 Å². The van der Waals surface area contributed by atoms with Gasteiger partial charge in [-0.05, 0) is 51.3 Å². The summed E-state index contributed by atoms with van der Waals surface area (Å²) in [5.74, 6) is 1.81. The molecule has 3 unspecified atom stereocenters. The van der Waals surface area contributed by atoms with Crippen molar-refractivity contribution in [3.8, 4) is 5.75 Å². The molecule has 1 aromatic carbocycles. The number of benzene rings is 1. The highest BCUT2D eigenvalue weighted by Crippen LogP contribution is 2.63. The number of hydrogen-bond donors (Lipinski definition) is 1. The van der Waals surface area contributed by atoms with Crippen molar-refractivity contribution in [3.05, 3.63) is 29.8 Å². The predicted molar refractivity (Wildman–Crippen MR) is 102 cm³/mol. The molecule has 2 saturated heterocycles. The fraction of sp³-hybridized carbons (Fsp3) is 0.727. The highest BCUT2D eigenvalue weighted by molar-refractivity contribution is 5.33. The summed E-state index contributed by atoms with van der Waals surface area (Å²) in [6.45, 7) is 4.36. The Morgan fingerprint density at radius 2 is 2.00 bits per heavy atom. The molecule has 4 heteroatoms. The second kappa shape index (κ2) is 6.81. The van der Waals surface area contributed by atoms with Crippen LogP contribution < -0.4 is 10.1 Å². The molecule has 4 fully saturated rings. The van der Waals surface area contributed by atoms with E-state index < -0.39 is 0 Å². The molecule has 0 bridgehead atoms. The van der Waals surface area contributed by atoms with Crippen LogP contribution in [-0.4, -0.2) is 49.9 Å². The lowest BCUT2D eigenvalue weighted by Crippen LogP contribution is -2.72. The van der Waals surface area contributed by atoms with Crippen molar-refractivity contribution in [1.29, 1.82) is 0 Å². The number of hydrogen-bond acceptors (Lipinski definition) is 4. The summed E-state index contributed by atoms with van der Waals surface area (Å²) in [5.41, 5.74) is 1.81. The van der Waals surface area contributed by atoms with Crippen LogP contribution in [0.2, 0.25) is 0 Å². The Hall–Kier alpha value is -1.10. The molecule has 0 radical (unpaired) electrons. The maximum Gasteiger partial charge on any atom is 0.123 e. The molecular formula is C22H32N2O2. The summed E-state index contributed by atoms with van der Waals surface area (Å²) in [7, 11) is 1.77. The second-order valence-electron chi connectivity index (χ2n) is 8.84. The molecule has 0 aromatic heterocycles. The van der Waals surface area contributed by atoms with Gasteiger partial charge in [-0.3, -0.25) is 4.90 Å². The average molecular weight is 357 g/mol. The molecule has 1 N–H and O–H groups in total. The Bertz CT molecular complexity index is 637. The summed E-state index contributed by atoms with van der Waals surface area (Å²) in [6, 6.07) is 9.84. The zero-order valence-corrected chi connectivity index (χ0v) is 16.0. The van der Waals surface area contributed by atoms with E-state index in [0.717, 1.165) is 30.9 Å². The first-order chi connectivity index (χ1) is 12.8. The van der Waals surface area contributed by atoms with Crippen molar-refractivity contribution in [2.24, 2.45) is 11.3 Å². The zero-order valence-electron chi connectivity index (χ0n) is 16.0. The molecule has 2 aliphatic carbocycles. The van der Waals surface area contributed by atoms with Crippen LogP contribution in [0.25, 0.3) is 0 Å². The lowest BCUT2D eigenvalue weighted by molar-refractivity contribution is -0.179. The van der Waals surface area contributed by atoms with Crippen molar-refractivity contribution in [3.63, 3.8) is 0 Å². The van der Waals surface area contributed by atoms with E-state index in [1.54, 1.807) is 7.11 Å². The van der Waals surface area contributed by atoms with Crippen LogP contribution in [0, 0.1) is 11.3 Å². The first-order valence-corrected chi connectivity index (χ1v) is 10.5. The third kappa shape index (κ3) is 2.69. The molecule has 1 spiro atoms. The Balaban J connectivity index is 1.15. The van der Waals surface area contributed by atoms with Gasteiger partial charge in [0.25, 0.3) is 0 Å². The minimum atomic E-state index is 0.510. The van der Waals surface area contributed by atoms with E-state index in [1.807, 2.05) is 6.07 Å². The van der Waals surface area contributed by atoms with Gasteiger partial charge in [-0.1, -0.05) is 24.6 Å². The molecule has 3 atom stereocenters. The largest absolute Gasteiger partial charge is 0.496 e. The van der Waals surface area contributed by atoms with Crippen molar-refractivity contribution in [2.75, 3.05) is 26.8 Å². The number of para-hydroxylation sites is 1. The van der Waals surface area contributed by atoms with Gasteiger partial charge in [0, 0.05) is 42.1 Å². The fourth-order valence-corrected chi connectivity index (χ4v) is 6.08. The van der Waals surface area contributed by atoms with Gasteiger partial charge in [0.05, 0.1) is 13.2 Å². The lowest BCUT2D eigenvalue weighted by Gasteiger charge is -2.64. The van der Waals surface area contributed by atoms with Crippen molar-refractivity contribution < 1.29 is 9.47 Å². The number of nitrogens with one attached hydrogen (secondary N) is 1. The van der Waals surface area contributed by atoms with Crippen LogP contribution >= 0.6 is 0 Å². The maximum atomic E-state index is 6.07. The maximum absolute atomic E-state index is 6.07. The molecular weight excluding hydrogens is 324 g/mol. The summed E-state index contributed by atoms with van der Waals surface area (Å²) in [5, 5.41) is 4.10. The van der Waals surface area contributed by atoms with Gasteiger partial charge < -0.3 is 14.8 Å². The van der Waals surface area contributed by atoms with Gasteiger partial charge >= 0.3 is 0 Å². The molecule has 2 aliphatic heterocycles. The highest BCUT2D eigenvalue weighted by Gasteiger charge is 2.66. The molecule has 26 heavy (non-hydrogen) atoms. The molecule has 4 nitrogen and oxygen atoms in total. The van der Waals surface area contributed by atoms with E-state index in [4.69, 9.17) is 9.47 Å². The summed E-state index contributed by atoms with van der Waals surface area (Å²) in [4.78, 5) is 2.58. The van der Waals surface area contributed by atoms with Crippen molar-refractivity contribution in [1.82, 2.24) is 10.2 Å². The number of fused-ring (bicyclic) bond motifs is 2. The van der Waals surface area contributed by atoms with Gasteiger partial charge in [0.15, 0.2) is 0 Å². The third-order valence-corrected chi connectivity index (χ3v) is 7.63. The second-order valence-corrected chi connectivity index (χ2v) is 8.84. The van der Waals surface area contributed by atoms with E-state index in [0.29, 0.717) is 17.6 Å². The van der Waals surface area contributed by atoms with Gasteiger partial charge in [-0.25, -0.2) is 0 Å². The van der Waals surface area contributed by atoms with Crippen molar-refractivity contribution in [2.45, 2.75) is 63.3 Å². The zero-order chi connectivity index (χ0) is 17.6. The Kier molecular flexibility index (Phi) is 4.46. The standard InChI is InChI=1S/C22H32N2O2/c1-25-19-6-3-2-5-16(19)15-24-12-7-17(8-13-24)23-20-18-9-14-26-21(18)22(20)10-4-11-22/h2-3,5-6,17-18,20-21,23H,4,7-15H2,1H3. The summed E-state index contributed by atoms with van der Waals surface area (Å²) < 4.78 is 11.6. The molecule has 2 heterocycles. The van der Waals surface area contributed by atoms with E-state index in [9.17, 15) is 0 Å². The topological polar surface area (TPSA) is 33.7 Å². The first kappa shape index (κ1) is 17.0. The van der Waals surface area contributed by atoms with E-state index in [2.05, 4.69) is 28.4 Å². The van der Waals surface area contributed by atoms with Gasteiger partial charge in [-0.2, -0.15) is 0 Å². The van der Waals surface area contributed by atoms with Crippen LogP contribution in [0.15, 0.2) is 24.3 Å². The van der Waals surface area contributed by atoms with Crippen LogP contribution in [0.1, 0.15) is 44.1 Å². The van der Waals surface area contributed by atoms with Gasteiger partial charge in [0.2, 0.25) is 0 Å². The highest BCUT2D eigenvalue weighted by atomic mass is 16.5. The monoisotopic (exact) mass is 356 g/mol. The normalized spacial score (nSPS) is 33.5. The summed E-state index contributed by atoms with van der Waals surface area (Å²) in [6.07, 6.45) is 8.56. The SMILES string of the molecule is COc1ccccc1CN1CCC(NC2C3CCOC3C23CCC3)CC1. The van der Waals surface area contributed by atoms with Crippen LogP contribution in [-0.2, 0) is 11.3 Å². The number of piperidine rings is 1. The quantitative estimate of drug-likeness (QED) is 0.878. The Labute approximate surface area is 157 Å². The molecule has 1 aromatic rings. The molecule has 2 saturated carbocycles. The molecule has 5 rings (SSSR count). The first-order valence-electron chi connectivity index (χ1n) is 10.5. The minimum Gasteiger partial charge on any atom is -0.496 e. The number of nitrogens with zero attached hydrogens (tertiary/aromatic N) is 1. The van der Waals surface area contributed by atoms with E-state index in [-0.39, 0.29) is 0 Å². The Morgan fingerprint density at radius 3 is 2.73 bits per heavy atom. The van der Waals surface area contributed by atoms with E-state index in [1.165, 1.54) is 57.2 Å². The molecule has 4 aliphatic rings. The van der Waals surface area contributed by atoms with E-state index >= 15 is 0 Å². The van der Waals surface area contributed by atoms with Gasteiger partial charge in [0.1, 0.15) is 5.75 Å². The minimum absolute atomic E-state index is 0.510. The number of ether oxygens (including phenoxy) is 2. The smallest absolute Gasteiger partial charge is 0.123 e. The van der Waals surface area contributed by atoms with Crippen LogP contribution in [0.3, 0.4) is 0 Å². The predicted octanol–water partition coefficient (Wildman–Crippen LogP) is 3.21. The summed E-state index contributed by atoms with van der Waals surface area (Å²) >= 11 is 0. The number of rotatable bonds is 5. The lowest BCUT2D eigenvalue weighted by atomic mass is 9.46. The Morgan fingerprint density at radius 1 is 1.19 bits per heavy atom. The third-order valence-electron chi connectivity index (χ3n) is 7.63. The van der Waals surface area contributed by atoms with Crippen molar-refractivity contribution >= 4 is 0 Å². The number of methoxy groups -OCH3 is 1. The van der Waals surface area contributed by atoms with Crippen LogP contribution in [0.5, 0.6) is 5.75 Å². The molecule has 0 amide bonds. The average Bonchev–Trinajstić information content (AvgIpc) is 3.05. The fourth-order valence-electron chi connectivity index (χ4n) is 6.08. The van der Waals surface area contributed by atoms with Gasteiger partial charge in [-0.15, -0.1) is 0 Å².